The second-order valence-corrected chi connectivity index (χ2v) is 10.2. The Hall–Kier alpha value is -3.94. The highest BCUT2D eigenvalue weighted by Crippen LogP contribution is 2.44. The van der Waals surface area contributed by atoms with Gasteiger partial charge in [0.15, 0.2) is 11.6 Å². The third-order valence-corrected chi connectivity index (χ3v) is 7.77. The van der Waals surface area contributed by atoms with E-state index in [0.717, 1.165) is 30.5 Å². The number of nitrogens with one attached hydrogen (secondary N) is 1. The summed E-state index contributed by atoms with van der Waals surface area (Å²) < 4.78 is 37.8. The van der Waals surface area contributed by atoms with Crippen LogP contribution in [0.15, 0.2) is 60.7 Å². The van der Waals surface area contributed by atoms with E-state index in [2.05, 4.69) is 5.32 Å². The maximum atomic E-state index is 14.1. The predicted octanol–water partition coefficient (Wildman–Crippen LogP) is 6.74. The summed E-state index contributed by atoms with van der Waals surface area (Å²) in [5.74, 6) is -1.33. The zero-order chi connectivity index (χ0) is 27.6. The van der Waals surface area contributed by atoms with Crippen molar-refractivity contribution in [3.05, 3.63) is 89.0 Å². The van der Waals surface area contributed by atoms with Gasteiger partial charge in [0.25, 0.3) is 5.91 Å². The Morgan fingerprint density at radius 1 is 1.03 bits per heavy atom. The Morgan fingerprint density at radius 3 is 2.54 bits per heavy atom. The highest BCUT2D eigenvalue weighted by Gasteiger charge is 2.46. The van der Waals surface area contributed by atoms with Crippen molar-refractivity contribution < 1.29 is 27.8 Å². The van der Waals surface area contributed by atoms with E-state index >= 15 is 0 Å². The quantitative estimate of drug-likeness (QED) is 0.355. The fourth-order valence-electron chi connectivity index (χ4n) is 5.84. The molecule has 204 valence electrons. The number of amides is 1. The molecule has 0 saturated heterocycles. The van der Waals surface area contributed by atoms with Crippen LogP contribution < -0.4 is 15.0 Å². The first-order valence-corrected chi connectivity index (χ1v) is 13.4. The third kappa shape index (κ3) is 5.33. The Bertz CT molecular complexity index is 1380. The fraction of sp³-hybridized carbons (Fsp3) is 0.355. The van der Waals surface area contributed by atoms with Crippen LogP contribution >= 0.6 is 0 Å². The van der Waals surface area contributed by atoms with Gasteiger partial charge in [0, 0.05) is 11.4 Å². The highest BCUT2D eigenvalue weighted by molar-refractivity contribution is 6.13. The number of ether oxygens (including phenoxy) is 2. The van der Waals surface area contributed by atoms with Gasteiger partial charge in [0.2, 0.25) is 0 Å². The number of halogens is 2. The number of carbonyl (C=O) groups excluding carboxylic acids is 2. The number of methoxy groups -OCH3 is 1. The lowest BCUT2D eigenvalue weighted by molar-refractivity contribution is 0.0526. The summed E-state index contributed by atoms with van der Waals surface area (Å²) in [6.07, 6.45) is 4.45. The first kappa shape index (κ1) is 26.7. The molecule has 2 unspecified atom stereocenters. The zero-order valence-corrected chi connectivity index (χ0v) is 22.1. The molecule has 2 atom stereocenters. The topological polar surface area (TPSA) is 67.9 Å². The van der Waals surface area contributed by atoms with E-state index in [1.807, 2.05) is 29.2 Å². The molecule has 8 heteroatoms. The van der Waals surface area contributed by atoms with Gasteiger partial charge in [-0.1, -0.05) is 6.07 Å². The van der Waals surface area contributed by atoms with Gasteiger partial charge in [-0.15, -0.1) is 0 Å². The molecule has 6 nitrogen and oxygen atoms in total. The SMILES string of the molecule is CCOC(=O)c1ccc2c(c1)NC1(CCCC(Cc3ccc(F)c(F)c3)CC1)N(c1ccc(OC)cc1)C2=O. The van der Waals surface area contributed by atoms with Crippen molar-refractivity contribution >= 4 is 23.3 Å². The average molecular weight is 535 g/mol. The van der Waals surface area contributed by atoms with Gasteiger partial charge in [-0.25, -0.2) is 13.6 Å². The lowest BCUT2D eigenvalue weighted by Crippen LogP contribution is -2.60. The van der Waals surface area contributed by atoms with Gasteiger partial charge in [-0.3, -0.25) is 9.69 Å². The van der Waals surface area contributed by atoms with Crippen molar-refractivity contribution in [1.29, 1.82) is 0 Å². The molecule has 1 saturated carbocycles. The van der Waals surface area contributed by atoms with Crippen LogP contribution in [-0.2, 0) is 11.2 Å². The molecule has 39 heavy (non-hydrogen) atoms. The van der Waals surface area contributed by atoms with E-state index in [9.17, 15) is 18.4 Å². The molecule has 1 N–H and O–H groups in total. The molecule has 3 aromatic rings. The van der Waals surface area contributed by atoms with Crippen molar-refractivity contribution in [1.82, 2.24) is 0 Å². The number of nitrogens with zero attached hydrogens (tertiary/aromatic N) is 1. The van der Waals surface area contributed by atoms with E-state index in [1.54, 1.807) is 38.3 Å². The highest BCUT2D eigenvalue weighted by atomic mass is 19.2. The summed E-state index contributed by atoms with van der Waals surface area (Å²) in [6, 6.07) is 16.5. The van der Waals surface area contributed by atoms with E-state index < -0.39 is 23.3 Å². The second-order valence-electron chi connectivity index (χ2n) is 10.2. The predicted molar refractivity (Wildman–Crippen MR) is 145 cm³/mol. The molecule has 0 aromatic heterocycles. The van der Waals surface area contributed by atoms with Crippen molar-refractivity contribution in [2.75, 3.05) is 23.9 Å². The zero-order valence-electron chi connectivity index (χ0n) is 22.1. The Labute approximate surface area is 226 Å². The van der Waals surface area contributed by atoms with Crippen LogP contribution in [0.4, 0.5) is 20.2 Å². The molecule has 0 bridgehead atoms. The van der Waals surface area contributed by atoms with Crippen LogP contribution in [0.5, 0.6) is 5.75 Å². The van der Waals surface area contributed by atoms with Crippen molar-refractivity contribution in [3.8, 4) is 5.75 Å². The van der Waals surface area contributed by atoms with Crippen molar-refractivity contribution in [2.45, 2.75) is 51.1 Å². The first-order chi connectivity index (χ1) is 18.8. The number of hydrogen-bond donors (Lipinski definition) is 1. The summed E-state index contributed by atoms with van der Waals surface area (Å²) in [6.45, 7) is 2.01. The molecular formula is C31H32F2N2O4. The second kappa shape index (κ2) is 11.0. The molecule has 0 radical (unpaired) electrons. The van der Waals surface area contributed by atoms with Gasteiger partial charge >= 0.3 is 5.97 Å². The van der Waals surface area contributed by atoms with E-state index in [0.29, 0.717) is 41.8 Å². The normalized spacial score (nSPS) is 20.7. The smallest absolute Gasteiger partial charge is 0.338 e. The number of anilines is 2. The molecule has 1 fully saturated rings. The lowest BCUT2D eigenvalue weighted by atomic mass is 9.89. The maximum Gasteiger partial charge on any atom is 0.338 e. The minimum absolute atomic E-state index is 0.150. The van der Waals surface area contributed by atoms with E-state index in [1.165, 1.54) is 12.1 Å². The van der Waals surface area contributed by atoms with Crippen molar-refractivity contribution in [3.63, 3.8) is 0 Å². The van der Waals surface area contributed by atoms with Crippen LogP contribution in [0.1, 0.15) is 65.3 Å². The minimum atomic E-state index is -0.848. The minimum Gasteiger partial charge on any atom is -0.497 e. The van der Waals surface area contributed by atoms with Crippen LogP contribution in [-0.4, -0.2) is 31.3 Å². The molecule has 3 aromatic carbocycles. The van der Waals surface area contributed by atoms with Crippen LogP contribution in [0, 0.1) is 17.6 Å². The van der Waals surface area contributed by atoms with Gasteiger partial charge < -0.3 is 14.8 Å². The van der Waals surface area contributed by atoms with Crippen LogP contribution in [0.3, 0.4) is 0 Å². The summed E-state index contributed by atoms with van der Waals surface area (Å²) in [5.41, 5.74) is 2.25. The fourth-order valence-corrected chi connectivity index (χ4v) is 5.84. The molecule has 1 spiro atoms. The van der Waals surface area contributed by atoms with Gasteiger partial charge in [-0.05, 0) is 112 Å². The number of fused-ring (bicyclic) bond motifs is 1. The molecule has 1 amide bonds. The van der Waals surface area contributed by atoms with Crippen molar-refractivity contribution in [2.24, 2.45) is 5.92 Å². The molecule has 1 heterocycles. The first-order valence-electron chi connectivity index (χ1n) is 13.4. The van der Waals surface area contributed by atoms with Gasteiger partial charge in [0.1, 0.15) is 11.4 Å². The van der Waals surface area contributed by atoms with E-state index in [4.69, 9.17) is 9.47 Å². The van der Waals surface area contributed by atoms with E-state index in [-0.39, 0.29) is 18.4 Å². The lowest BCUT2D eigenvalue weighted by Gasteiger charge is -2.48. The summed E-state index contributed by atoms with van der Waals surface area (Å²) in [4.78, 5) is 28.3. The van der Waals surface area contributed by atoms with Crippen LogP contribution in [0.2, 0.25) is 0 Å². The third-order valence-electron chi connectivity index (χ3n) is 7.77. The maximum absolute atomic E-state index is 14.1. The molecular weight excluding hydrogens is 502 g/mol. The number of benzene rings is 3. The summed E-state index contributed by atoms with van der Waals surface area (Å²) in [5, 5.41) is 3.65. The monoisotopic (exact) mass is 534 g/mol. The molecule has 5 rings (SSSR count). The Balaban J connectivity index is 1.49. The summed E-state index contributed by atoms with van der Waals surface area (Å²) >= 11 is 0. The largest absolute Gasteiger partial charge is 0.497 e. The number of hydrogen-bond acceptors (Lipinski definition) is 5. The Morgan fingerprint density at radius 2 is 1.82 bits per heavy atom. The molecule has 1 aliphatic heterocycles. The van der Waals surface area contributed by atoms with Gasteiger partial charge in [-0.2, -0.15) is 0 Å². The van der Waals surface area contributed by atoms with Crippen LogP contribution in [0.25, 0.3) is 0 Å². The summed E-state index contributed by atoms with van der Waals surface area (Å²) in [7, 11) is 1.60. The standard InChI is InChI=1S/C31H32F2N2O4/c1-3-39-30(37)22-7-12-25-28(19-22)34-31(35(29(25)36)23-8-10-24(38-2)11-9-23)15-4-5-20(14-16-31)17-21-6-13-26(32)27(33)18-21/h6-13,18-20,34H,3-5,14-17H2,1-2H3. The number of rotatable bonds is 6. The number of esters is 1. The number of carbonyl (C=O) groups is 2. The Kier molecular flexibility index (Phi) is 7.55. The molecule has 1 aliphatic carbocycles. The average Bonchev–Trinajstić information content (AvgIpc) is 3.13. The van der Waals surface area contributed by atoms with Gasteiger partial charge in [0.05, 0.1) is 24.8 Å². The molecule has 2 aliphatic rings.